The molecule has 2 unspecified atom stereocenters. The van der Waals surface area contributed by atoms with Gasteiger partial charge in [0.1, 0.15) is 5.01 Å². The van der Waals surface area contributed by atoms with Crippen LogP contribution in [0.1, 0.15) is 25.5 Å². The van der Waals surface area contributed by atoms with E-state index >= 15 is 0 Å². The maximum absolute atomic E-state index is 12.2. The molecule has 3 heterocycles. The number of amides is 1. The van der Waals surface area contributed by atoms with Crippen molar-refractivity contribution in [2.75, 3.05) is 6.54 Å². The van der Waals surface area contributed by atoms with Crippen LogP contribution in [0.2, 0.25) is 0 Å². The number of nitrogens with one attached hydrogen (secondary N) is 2. The van der Waals surface area contributed by atoms with Crippen molar-refractivity contribution >= 4 is 42.1 Å². The van der Waals surface area contributed by atoms with Crippen molar-refractivity contribution in [3.63, 3.8) is 0 Å². The summed E-state index contributed by atoms with van der Waals surface area (Å²) in [6.07, 6.45) is 5.86. The summed E-state index contributed by atoms with van der Waals surface area (Å²) in [5.41, 5.74) is 1.81. The zero-order valence-corrected chi connectivity index (χ0v) is 15.8. The third-order valence-corrected chi connectivity index (χ3v) is 4.73. The van der Waals surface area contributed by atoms with E-state index in [0.29, 0.717) is 12.5 Å². The smallest absolute Gasteiger partial charge is 0.226 e. The number of nitrogens with zero attached hydrogens (tertiary/aromatic N) is 2. The minimum atomic E-state index is 0. The predicted molar refractivity (Wildman–Crippen MR) is 102 cm³/mol. The molecular weight excluding hydrogens is 367 g/mol. The molecule has 1 saturated heterocycles. The lowest BCUT2D eigenvalue weighted by Gasteiger charge is -2.28. The average molecular weight is 389 g/mol. The van der Waals surface area contributed by atoms with E-state index in [1.807, 2.05) is 17.5 Å². The molecule has 1 fully saturated rings. The van der Waals surface area contributed by atoms with E-state index in [0.717, 1.165) is 35.7 Å². The van der Waals surface area contributed by atoms with Gasteiger partial charge in [-0.25, -0.2) is 4.98 Å². The van der Waals surface area contributed by atoms with Crippen LogP contribution in [0.15, 0.2) is 29.9 Å². The highest BCUT2D eigenvalue weighted by Gasteiger charge is 2.20. The fourth-order valence-electron chi connectivity index (χ4n) is 2.72. The van der Waals surface area contributed by atoms with Gasteiger partial charge >= 0.3 is 0 Å². The number of rotatable bonds is 4. The molecule has 2 atom stereocenters. The molecule has 1 aliphatic rings. The Morgan fingerprint density at radius 3 is 3.00 bits per heavy atom. The number of aromatic nitrogens is 2. The SMILES string of the molecule is CC1CC(NC(=O)Cc2csc(-c3cccnc3)n2)CCN1.Cl.Cl. The predicted octanol–water partition coefficient (Wildman–Crippen LogP) is 2.85. The average Bonchev–Trinajstić information content (AvgIpc) is 2.96. The Morgan fingerprint density at radius 1 is 1.46 bits per heavy atom. The summed E-state index contributed by atoms with van der Waals surface area (Å²) < 4.78 is 0. The molecular formula is C16H22Cl2N4OS. The van der Waals surface area contributed by atoms with E-state index in [2.05, 4.69) is 27.5 Å². The summed E-state index contributed by atoms with van der Waals surface area (Å²) in [5.74, 6) is 0.0575. The highest BCUT2D eigenvalue weighted by molar-refractivity contribution is 7.13. The molecule has 3 rings (SSSR count). The second kappa shape index (κ2) is 9.93. The standard InChI is InChI=1S/C16H20N4OS.2ClH/c1-11-7-13(4-6-18-11)19-15(21)8-14-10-22-16(20-14)12-3-2-5-17-9-12;;/h2-3,5,9-11,13,18H,4,6-8H2,1H3,(H,19,21);2*1H. The lowest BCUT2D eigenvalue weighted by Crippen LogP contribution is -2.46. The highest BCUT2D eigenvalue weighted by Crippen LogP contribution is 2.22. The molecule has 0 aliphatic carbocycles. The first-order chi connectivity index (χ1) is 10.7. The van der Waals surface area contributed by atoms with Crippen molar-refractivity contribution in [3.8, 4) is 10.6 Å². The van der Waals surface area contributed by atoms with Gasteiger partial charge in [0.25, 0.3) is 0 Å². The van der Waals surface area contributed by atoms with Crippen molar-refractivity contribution in [1.82, 2.24) is 20.6 Å². The second-order valence-electron chi connectivity index (χ2n) is 5.71. The lowest BCUT2D eigenvalue weighted by atomic mass is 10.0. The van der Waals surface area contributed by atoms with Gasteiger partial charge in [0.05, 0.1) is 12.1 Å². The van der Waals surface area contributed by atoms with Gasteiger partial charge in [-0.15, -0.1) is 36.2 Å². The second-order valence-corrected chi connectivity index (χ2v) is 6.56. The summed E-state index contributed by atoms with van der Waals surface area (Å²) in [6, 6.07) is 4.61. The van der Waals surface area contributed by atoms with E-state index in [1.54, 1.807) is 23.7 Å². The summed E-state index contributed by atoms with van der Waals surface area (Å²) in [4.78, 5) is 20.8. The van der Waals surface area contributed by atoms with Crippen molar-refractivity contribution in [3.05, 3.63) is 35.6 Å². The quantitative estimate of drug-likeness (QED) is 0.844. The van der Waals surface area contributed by atoms with E-state index < -0.39 is 0 Å². The summed E-state index contributed by atoms with van der Waals surface area (Å²) in [5, 5.41) is 9.37. The minimum absolute atomic E-state index is 0. The Kier molecular flexibility index (Phi) is 8.62. The molecule has 8 heteroatoms. The van der Waals surface area contributed by atoms with Crippen molar-refractivity contribution < 1.29 is 4.79 Å². The first-order valence-electron chi connectivity index (χ1n) is 7.58. The first kappa shape index (κ1) is 20.8. The van der Waals surface area contributed by atoms with E-state index in [-0.39, 0.29) is 36.8 Å². The third kappa shape index (κ3) is 5.70. The molecule has 1 amide bonds. The normalized spacial score (nSPS) is 19.7. The molecule has 1 aliphatic heterocycles. The monoisotopic (exact) mass is 388 g/mol. The molecule has 0 bridgehead atoms. The van der Waals surface area contributed by atoms with Gasteiger partial charge < -0.3 is 10.6 Å². The third-order valence-electron chi connectivity index (χ3n) is 3.79. The first-order valence-corrected chi connectivity index (χ1v) is 8.46. The maximum Gasteiger partial charge on any atom is 0.226 e. The molecule has 2 aromatic heterocycles. The Balaban J connectivity index is 0.00000144. The van der Waals surface area contributed by atoms with Gasteiger partial charge in [-0.3, -0.25) is 9.78 Å². The van der Waals surface area contributed by atoms with Gasteiger partial charge in [-0.2, -0.15) is 0 Å². The van der Waals surface area contributed by atoms with E-state index in [1.165, 1.54) is 0 Å². The van der Waals surface area contributed by atoms with Crippen LogP contribution in [0, 0.1) is 0 Å². The number of hydrogen-bond acceptors (Lipinski definition) is 5. The Morgan fingerprint density at radius 2 is 2.29 bits per heavy atom. The van der Waals surface area contributed by atoms with Crippen LogP contribution in [0.3, 0.4) is 0 Å². The maximum atomic E-state index is 12.2. The van der Waals surface area contributed by atoms with E-state index in [4.69, 9.17) is 0 Å². The number of carbonyl (C=O) groups is 1. The molecule has 2 aromatic rings. The largest absolute Gasteiger partial charge is 0.353 e. The molecule has 0 spiro atoms. The van der Waals surface area contributed by atoms with Gasteiger partial charge in [0.15, 0.2) is 0 Å². The Hall–Kier alpha value is -1.21. The van der Waals surface area contributed by atoms with Gasteiger partial charge in [0, 0.05) is 35.4 Å². The number of thiazole rings is 1. The number of pyridine rings is 1. The number of halogens is 2. The highest BCUT2D eigenvalue weighted by atomic mass is 35.5. The molecule has 0 saturated carbocycles. The zero-order valence-electron chi connectivity index (χ0n) is 13.4. The number of hydrogen-bond donors (Lipinski definition) is 2. The van der Waals surface area contributed by atoms with E-state index in [9.17, 15) is 4.79 Å². The van der Waals surface area contributed by atoms with Crippen LogP contribution in [-0.4, -0.2) is 34.5 Å². The van der Waals surface area contributed by atoms with Gasteiger partial charge in [-0.05, 0) is 38.4 Å². The Labute approximate surface area is 158 Å². The molecule has 24 heavy (non-hydrogen) atoms. The lowest BCUT2D eigenvalue weighted by molar-refractivity contribution is -0.121. The fourth-order valence-corrected chi connectivity index (χ4v) is 3.53. The Bertz CT molecular complexity index is 638. The zero-order chi connectivity index (χ0) is 15.4. The van der Waals surface area contributed by atoms with Crippen LogP contribution >= 0.6 is 36.2 Å². The number of carbonyl (C=O) groups excluding carboxylic acids is 1. The van der Waals surface area contributed by atoms with Gasteiger partial charge in [-0.1, -0.05) is 0 Å². The van der Waals surface area contributed by atoms with Crippen LogP contribution in [0.4, 0.5) is 0 Å². The molecule has 2 N–H and O–H groups in total. The summed E-state index contributed by atoms with van der Waals surface area (Å²) >= 11 is 1.55. The number of piperidine rings is 1. The molecule has 0 aromatic carbocycles. The van der Waals surface area contributed by atoms with Crippen molar-refractivity contribution in [1.29, 1.82) is 0 Å². The van der Waals surface area contributed by atoms with Crippen molar-refractivity contribution in [2.45, 2.75) is 38.3 Å². The fraction of sp³-hybridized carbons (Fsp3) is 0.438. The van der Waals surface area contributed by atoms with Gasteiger partial charge in [0.2, 0.25) is 5.91 Å². The summed E-state index contributed by atoms with van der Waals surface area (Å²) in [7, 11) is 0. The van der Waals surface area contributed by atoms with Crippen LogP contribution in [0.5, 0.6) is 0 Å². The molecule has 132 valence electrons. The van der Waals surface area contributed by atoms with Crippen LogP contribution in [0.25, 0.3) is 10.6 Å². The molecule has 0 radical (unpaired) electrons. The molecule has 5 nitrogen and oxygen atoms in total. The minimum Gasteiger partial charge on any atom is -0.353 e. The topological polar surface area (TPSA) is 66.9 Å². The van der Waals surface area contributed by atoms with Crippen LogP contribution < -0.4 is 10.6 Å². The summed E-state index contributed by atoms with van der Waals surface area (Å²) in [6.45, 7) is 3.12. The van der Waals surface area contributed by atoms with Crippen molar-refractivity contribution in [2.24, 2.45) is 0 Å². The van der Waals surface area contributed by atoms with Crippen LogP contribution in [-0.2, 0) is 11.2 Å².